The van der Waals surface area contributed by atoms with Gasteiger partial charge in [-0.25, -0.2) is 0 Å². The van der Waals surface area contributed by atoms with Crippen LogP contribution in [0.1, 0.15) is 44.2 Å². The van der Waals surface area contributed by atoms with E-state index in [-0.39, 0.29) is 23.8 Å². The molecule has 24 heavy (non-hydrogen) atoms. The largest absolute Gasteiger partial charge is 0.416 e. The molecule has 2 aromatic rings. The van der Waals surface area contributed by atoms with Gasteiger partial charge in [-0.2, -0.15) is 13.2 Å². The molecule has 0 spiro atoms. The molecule has 6 heteroatoms. The fraction of sp³-hybridized carbons (Fsp3) is 0.222. The number of nitrogens with zero attached hydrogens (tertiary/aromatic N) is 1. The lowest BCUT2D eigenvalue weighted by molar-refractivity contribution is -0.137. The number of carbonyl (C=O) groups excluding carboxylic acids is 2. The van der Waals surface area contributed by atoms with Crippen LogP contribution in [0.15, 0.2) is 48.5 Å². The molecule has 2 amide bonds. The Kier molecular flexibility index (Phi) is 3.07. The van der Waals surface area contributed by atoms with E-state index >= 15 is 0 Å². The van der Waals surface area contributed by atoms with Crippen molar-refractivity contribution in [3.05, 3.63) is 70.8 Å². The van der Waals surface area contributed by atoms with E-state index in [1.54, 1.807) is 30.3 Å². The molecule has 122 valence electrons. The second kappa shape index (κ2) is 4.93. The van der Waals surface area contributed by atoms with Gasteiger partial charge in [0.15, 0.2) is 0 Å². The van der Waals surface area contributed by atoms with Crippen molar-refractivity contribution >= 4 is 11.8 Å². The lowest BCUT2D eigenvalue weighted by Gasteiger charge is -2.14. The first kappa shape index (κ1) is 14.9. The first-order chi connectivity index (χ1) is 11.4. The highest BCUT2D eigenvalue weighted by molar-refractivity contribution is 6.21. The summed E-state index contributed by atoms with van der Waals surface area (Å²) in [6.07, 6.45) is -3.91. The van der Waals surface area contributed by atoms with Crippen LogP contribution in [-0.4, -0.2) is 22.8 Å². The third-order valence-electron chi connectivity index (χ3n) is 4.56. The Balaban J connectivity index is 1.60. The fourth-order valence-corrected chi connectivity index (χ4v) is 3.28. The predicted octanol–water partition coefficient (Wildman–Crippen LogP) is 3.86. The van der Waals surface area contributed by atoms with Crippen molar-refractivity contribution in [2.75, 3.05) is 0 Å². The maximum Gasteiger partial charge on any atom is 0.416 e. The topological polar surface area (TPSA) is 37.4 Å². The Morgan fingerprint density at radius 3 is 2.12 bits per heavy atom. The van der Waals surface area contributed by atoms with Crippen molar-refractivity contribution in [1.29, 1.82) is 0 Å². The molecule has 0 saturated heterocycles. The van der Waals surface area contributed by atoms with E-state index in [1.807, 2.05) is 0 Å². The Morgan fingerprint density at radius 1 is 0.917 bits per heavy atom. The average molecular weight is 331 g/mol. The fourth-order valence-electron chi connectivity index (χ4n) is 3.28. The quantitative estimate of drug-likeness (QED) is 0.784. The molecule has 1 fully saturated rings. The molecule has 2 atom stereocenters. The number of carbonyl (C=O) groups is 2. The summed E-state index contributed by atoms with van der Waals surface area (Å²) in [5, 5.41) is 0. The molecule has 2 aromatic carbocycles. The molecule has 0 unspecified atom stereocenters. The first-order valence-corrected chi connectivity index (χ1v) is 7.52. The first-order valence-electron chi connectivity index (χ1n) is 7.52. The van der Waals surface area contributed by atoms with Gasteiger partial charge in [-0.1, -0.05) is 30.3 Å². The highest BCUT2D eigenvalue weighted by Crippen LogP contribution is 2.48. The molecule has 0 N–H and O–H groups in total. The van der Waals surface area contributed by atoms with Crippen LogP contribution in [-0.2, 0) is 6.18 Å². The third kappa shape index (κ3) is 2.21. The van der Waals surface area contributed by atoms with Crippen molar-refractivity contribution in [2.24, 2.45) is 0 Å². The van der Waals surface area contributed by atoms with Crippen LogP contribution >= 0.6 is 0 Å². The summed E-state index contributed by atoms with van der Waals surface area (Å²) >= 11 is 0. The van der Waals surface area contributed by atoms with Gasteiger partial charge in [0.25, 0.3) is 11.8 Å². The Bertz CT molecular complexity index is 824. The van der Waals surface area contributed by atoms with Crippen molar-refractivity contribution in [3.8, 4) is 0 Å². The van der Waals surface area contributed by atoms with Gasteiger partial charge >= 0.3 is 6.18 Å². The summed E-state index contributed by atoms with van der Waals surface area (Å²) in [6.45, 7) is 0. The van der Waals surface area contributed by atoms with Crippen LogP contribution in [0.3, 0.4) is 0 Å². The lowest BCUT2D eigenvalue weighted by atomic mass is 10.1. The van der Waals surface area contributed by atoms with E-state index in [9.17, 15) is 22.8 Å². The number of hydrogen-bond donors (Lipinski definition) is 0. The molecular weight excluding hydrogens is 319 g/mol. The molecule has 4 rings (SSSR count). The molecule has 1 aliphatic heterocycles. The summed E-state index contributed by atoms with van der Waals surface area (Å²) in [5.74, 6) is -0.973. The average Bonchev–Trinajstić information content (AvgIpc) is 3.30. The SMILES string of the molecule is O=C1c2ccccc2C(=O)N1[C@@H]1C[C@@H]1c1cccc(C(F)(F)F)c1. The summed E-state index contributed by atoms with van der Waals surface area (Å²) in [5.41, 5.74) is 0.508. The molecule has 1 saturated carbocycles. The monoisotopic (exact) mass is 331 g/mol. The van der Waals surface area contributed by atoms with Gasteiger partial charge in [0.1, 0.15) is 0 Å². The zero-order valence-corrected chi connectivity index (χ0v) is 12.4. The van der Waals surface area contributed by atoms with Crippen molar-refractivity contribution in [1.82, 2.24) is 4.90 Å². The summed E-state index contributed by atoms with van der Waals surface area (Å²) in [7, 11) is 0. The zero-order valence-electron chi connectivity index (χ0n) is 12.4. The highest BCUT2D eigenvalue weighted by Gasteiger charge is 2.51. The number of alkyl halides is 3. The summed E-state index contributed by atoms with van der Waals surface area (Å²) in [4.78, 5) is 26.0. The van der Waals surface area contributed by atoms with Crippen LogP contribution in [0.4, 0.5) is 13.2 Å². The van der Waals surface area contributed by atoms with Crippen LogP contribution < -0.4 is 0 Å². The predicted molar refractivity (Wildman–Crippen MR) is 79.5 cm³/mol. The molecule has 0 bridgehead atoms. The van der Waals surface area contributed by atoms with E-state index in [2.05, 4.69) is 0 Å². The second-order valence-corrected chi connectivity index (χ2v) is 6.06. The molecule has 0 aromatic heterocycles. The molecule has 2 aliphatic rings. The molecule has 3 nitrogen and oxygen atoms in total. The van der Waals surface area contributed by atoms with Gasteiger partial charge in [-0.15, -0.1) is 0 Å². The van der Waals surface area contributed by atoms with Crippen molar-refractivity contribution in [2.45, 2.75) is 24.6 Å². The van der Waals surface area contributed by atoms with E-state index in [0.29, 0.717) is 23.1 Å². The van der Waals surface area contributed by atoms with Gasteiger partial charge in [0.05, 0.1) is 16.7 Å². The van der Waals surface area contributed by atoms with Crippen LogP contribution in [0.5, 0.6) is 0 Å². The number of benzene rings is 2. The second-order valence-electron chi connectivity index (χ2n) is 6.06. The minimum Gasteiger partial charge on any atom is -0.271 e. The van der Waals surface area contributed by atoms with Gasteiger partial charge in [0, 0.05) is 12.0 Å². The van der Waals surface area contributed by atoms with Crippen LogP contribution in [0, 0.1) is 0 Å². The minimum atomic E-state index is -4.41. The highest BCUT2D eigenvalue weighted by atomic mass is 19.4. The maximum atomic E-state index is 12.8. The normalized spacial score (nSPS) is 22.7. The maximum absolute atomic E-state index is 12.8. The van der Waals surface area contributed by atoms with Crippen LogP contribution in [0.2, 0.25) is 0 Å². The zero-order chi connectivity index (χ0) is 17.1. The Labute approximate surface area is 135 Å². The van der Waals surface area contributed by atoms with Crippen LogP contribution in [0.25, 0.3) is 0 Å². The van der Waals surface area contributed by atoms with E-state index < -0.39 is 11.7 Å². The van der Waals surface area contributed by atoms with Gasteiger partial charge in [0.2, 0.25) is 0 Å². The van der Waals surface area contributed by atoms with Crippen molar-refractivity contribution < 1.29 is 22.8 Å². The number of rotatable bonds is 2. The summed E-state index contributed by atoms with van der Waals surface area (Å²) < 4.78 is 38.5. The summed E-state index contributed by atoms with van der Waals surface area (Å²) in [6, 6.07) is 11.3. The number of fused-ring (bicyclic) bond motifs is 1. The minimum absolute atomic E-state index is 0.241. The Hall–Kier alpha value is -2.63. The van der Waals surface area contributed by atoms with Gasteiger partial charge < -0.3 is 0 Å². The van der Waals surface area contributed by atoms with Gasteiger partial charge in [-0.05, 0) is 30.2 Å². The number of amides is 2. The smallest absolute Gasteiger partial charge is 0.271 e. The van der Waals surface area contributed by atoms with E-state index in [4.69, 9.17) is 0 Å². The standard InChI is InChI=1S/C18H12F3NO2/c19-18(20,21)11-5-3-4-10(8-11)14-9-15(14)22-16(23)12-6-1-2-7-13(12)17(22)24/h1-8,14-15H,9H2/t14-,15-/m1/s1. The molecule has 0 radical (unpaired) electrons. The van der Waals surface area contributed by atoms with Gasteiger partial charge in [-0.3, -0.25) is 14.5 Å². The number of imide groups is 1. The number of halogens is 3. The molecule has 1 heterocycles. The van der Waals surface area contributed by atoms with E-state index in [0.717, 1.165) is 12.1 Å². The van der Waals surface area contributed by atoms with Crippen molar-refractivity contribution in [3.63, 3.8) is 0 Å². The molecular formula is C18H12F3NO2. The lowest BCUT2D eigenvalue weighted by Crippen LogP contribution is -2.32. The Morgan fingerprint density at radius 2 is 1.54 bits per heavy atom. The van der Waals surface area contributed by atoms with E-state index in [1.165, 1.54) is 11.0 Å². The number of hydrogen-bond acceptors (Lipinski definition) is 2. The molecule has 1 aliphatic carbocycles. The third-order valence-corrected chi connectivity index (χ3v) is 4.56.